The highest BCUT2D eigenvalue weighted by Crippen LogP contribution is 2.36. The summed E-state index contributed by atoms with van der Waals surface area (Å²) in [5.41, 5.74) is 2.67. The second kappa shape index (κ2) is 7.23. The molecule has 154 valence electrons. The average molecular weight is 403 g/mol. The third kappa shape index (κ3) is 3.24. The zero-order valence-electron chi connectivity index (χ0n) is 17.6. The molecule has 1 fully saturated rings. The standard InChI is InChI=1S/C23H26N6O/c1-15(2)13-27(3)22-17-6-4-5-7-18(17)25-21(26-22)14-28-20-12-24-11-10-19(20)29(23(28)30)16-8-9-16/h4-7,10-12,15-16H,8-9,13-14H2,1-3H3. The summed E-state index contributed by atoms with van der Waals surface area (Å²) < 4.78 is 3.67. The van der Waals surface area contributed by atoms with Gasteiger partial charge in [0.15, 0.2) is 5.82 Å². The summed E-state index contributed by atoms with van der Waals surface area (Å²) in [6.45, 7) is 5.61. The number of pyridine rings is 1. The molecule has 0 radical (unpaired) electrons. The largest absolute Gasteiger partial charge is 0.359 e. The molecule has 1 aliphatic carbocycles. The van der Waals surface area contributed by atoms with E-state index in [2.05, 4.69) is 36.8 Å². The predicted molar refractivity (Wildman–Crippen MR) is 119 cm³/mol. The van der Waals surface area contributed by atoms with Crippen LogP contribution in [0.25, 0.3) is 21.9 Å². The Bertz CT molecular complexity index is 1280. The van der Waals surface area contributed by atoms with Crippen LogP contribution in [-0.2, 0) is 6.54 Å². The van der Waals surface area contributed by atoms with Gasteiger partial charge < -0.3 is 4.90 Å². The molecule has 5 rings (SSSR count). The van der Waals surface area contributed by atoms with Crippen molar-refractivity contribution < 1.29 is 0 Å². The van der Waals surface area contributed by atoms with Crippen LogP contribution in [-0.4, -0.2) is 37.7 Å². The van der Waals surface area contributed by atoms with Gasteiger partial charge in [0, 0.05) is 31.2 Å². The molecule has 0 aliphatic heterocycles. The molecule has 1 aliphatic rings. The summed E-state index contributed by atoms with van der Waals surface area (Å²) >= 11 is 0. The van der Waals surface area contributed by atoms with E-state index >= 15 is 0 Å². The molecular formula is C23H26N6O. The van der Waals surface area contributed by atoms with Gasteiger partial charge in [-0.25, -0.2) is 14.8 Å². The van der Waals surface area contributed by atoms with Crippen molar-refractivity contribution in [2.24, 2.45) is 5.92 Å². The number of hydrogen-bond donors (Lipinski definition) is 0. The van der Waals surface area contributed by atoms with Crippen LogP contribution in [0.5, 0.6) is 0 Å². The summed E-state index contributed by atoms with van der Waals surface area (Å²) in [5.74, 6) is 2.05. The lowest BCUT2D eigenvalue weighted by Crippen LogP contribution is -2.26. The molecule has 0 spiro atoms. The number of aromatic nitrogens is 5. The highest BCUT2D eigenvalue weighted by Gasteiger charge is 2.29. The highest BCUT2D eigenvalue weighted by molar-refractivity contribution is 5.89. The van der Waals surface area contributed by atoms with Gasteiger partial charge in [-0.3, -0.25) is 14.1 Å². The maximum Gasteiger partial charge on any atom is 0.329 e. The van der Waals surface area contributed by atoms with Gasteiger partial charge in [0.1, 0.15) is 5.82 Å². The number of fused-ring (bicyclic) bond motifs is 2. The van der Waals surface area contributed by atoms with E-state index in [1.165, 1.54) is 0 Å². The smallest absolute Gasteiger partial charge is 0.329 e. The molecule has 0 amide bonds. The van der Waals surface area contributed by atoms with Crippen LogP contribution in [0.1, 0.15) is 38.6 Å². The molecule has 7 nitrogen and oxygen atoms in total. The first-order chi connectivity index (χ1) is 14.5. The number of hydrogen-bond acceptors (Lipinski definition) is 5. The van der Waals surface area contributed by atoms with Crippen molar-refractivity contribution in [3.05, 3.63) is 59.0 Å². The molecule has 4 aromatic rings. The van der Waals surface area contributed by atoms with Gasteiger partial charge >= 0.3 is 5.69 Å². The van der Waals surface area contributed by atoms with Crippen molar-refractivity contribution >= 4 is 27.8 Å². The quantitative estimate of drug-likeness (QED) is 0.493. The van der Waals surface area contributed by atoms with E-state index in [9.17, 15) is 4.79 Å². The van der Waals surface area contributed by atoms with E-state index in [1.807, 2.05) is 28.8 Å². The van der Waals surface area contributed by atoms with Gasteiger partial charge in [-0.2, -0.15) is 0 Å². The van der Waals surface area contributed by atoms with Crippen LogP contribution in [0.2, 0.25) is 0 Å². The molecule has 3 heterocycles. The minimum absolute atomic E-state index is 0.00524. The summed E-state index contributed by atoms with van der Waals surface area (Å²) in [7, 11) is 2.06. The van der Waals surface area contributed by atoms with E-state index in [0.29, 0.717) is 24.3 Å². The van der Waals surface area contributed by atoms with Gasteiger partial charge in [-0.1, -0.05) is 26.0 Å². The fourth-order valence-corrected chi connectivity index (χ4v) is 4.21. The lowest BCUT2D eigenvalue weighted by atomic mass is 10.2. The average Bonchev–Trinajstić information content (AvgIpc) is 3.52. The number of nitrogens with zero attached hydrogens (tertiary/aromatic N) is 6. The van der Waals surface area contributed by atoms with Crippen molar-refractivity contribution in [2.45, 2.75) is 39.3 Å². The van der Waals surface area contributed by atoms with Gasteiger partial charge in [-0.15, -0.1) is 0 Å². The Morgan fingerprint density at radius 2 is 1.93 bits per heavy atom. The lowest BCUT2D eigenvalue weighted by molar-refractivity contribution is 0.631. The van der Waals surface area contributed by atoms with Crippen LogP contribution in [0.4, 0.5) is 5.82 Å². The van der Waals surface area contributed by atoms with Crippen LogP contribution in [0, 0.1) is 5.92 Å². The van der Waals surface area contributed by atoms with Crippen LogP contribution in [0.3, 0.4) is 0 Å². The Hall–Kier alpha value is -3.22. The van der Waals surface area contributed by atoms with Crippen LogP contribution in [0.15, 0.2) is 47.5 Å². The maximum absolute atomic E-state index is 13.2. The van der Waals surface area contributed by atoms with E-state index in [0.717, 1.165) is 47.1 Å². The molecule has 0 atom stereocenters. The number of rotatable bonds is 6. The number of benzene rings is 1. The fraction of sp³-hybridized carbons (Fsp3) is 0.391. The van der Waals surface area contributed by atoms with Crippen molar-refractivity contribution in [2.75, 3.05) is 18.5 Å². The fourth-order valence-electron chi connectivity index (χ4n) is 4.21. The summed E-state index contributed by atoms with van der Waals surface area (Å²) in [6, 6.07) is 10.3. The van der Waals surface area contributed by atoms with Crippen LogP contribution < -0.4 is 10.6 Å². The third-order valence-electron chi connectivity index (χ3n) is 5.61. The molecule has 0 bridgehead atoms. The first-order valence-corrected chi connectivity index (χ1v) is 10.5. The van der Waals surface area contributed by atoms with Gasteiger partial charge in [0.25, 0.3) is 0 Å². The third-order valence-corrected chi connectivity index (χ3v) is 5.61. The van der Waals surface area contributed by atoms with E-state index < -0.39 is 0 Å². The van der Waals surface area contributed by atoms with E-state index in [4.69, 9.17) is 9.97 Å². The molecule has 0 unspecified atom stereocenters. The molecule has 0 saturated heterocycles. The van der Waals surface area contributed by atoms with Crippen LogP contribution >= 0.6 is 0 Å². The number of para-hydroxylation sites is 1. The van der Waals surface area contributed by atoms with E-state index in [1.54, 1.807) is 17.0 Å². The lowest BCUT2D eigenvalue weighted by Gasteiger charge is -2.22. The Balaban J connectivity index is 1.63. The summed E-state index contributed by atoms with van der Waals surface area (Å²) in [4.78, 5) is 29.3. The van der Waals surface area contributed by atoms with Gasteiger partial charge in [0.2, 0.25) is 0 Å². The summed E-state index contributed by atoms with van der Waals surface area (Å²) in [5, 5.41) is 1.03. The molecule has 0 N–H and O–H groups in total. The molecule has 1 aromatic carbocycles. The highest BCUT2D eigenvalue weighted by atomic mass is 16.1. The molecule has 1 saturated carbocycles. The second-order valence-corrected chi connectivity index (χ2v) is 8.59. The van der Waals surface area contributed by atoms with Gasteiger partial charge in [-0.05, 0) is 37.0 Å². The monoisotopic (exact) mass is 402 g/mol. The van der Waals surface area contributed by atoms with Crippen molar-refractivity contribution in [3.8, 4) is 0 Å². The maximum atomic E-state index is 13.2. The predicted octanol–water partition coefficient (Wildman–Crippen LogP) is 3.62. The first-order valence-electron chi connectivity index (χ1n) is 10.5. The normalized spacial score (nSPS) is 14.1. The molecule has 3 aromatic heterocycles. The van der Waals surface area contributed by atoms with Crippen molar-refractivity contribution in [1.29, 1.82) is 0 Å². The zero-order chi connectivity index (χ0) is 20.8. The molecule has 30 heavy (non-hydrogen) atoms. The zero-order valence-corrected chi connectivity index (χ0v) is 17.6. The molecular weight excluding hydrogens is 376 g/mol. The van der Waals surface area contributed by atoms with Crippen molar-refractivity contribution in [1.82, 2.24) is 24.1 Å². The minimum Gasteiger partial charge on any atom is -0.359 e. The molecule has 7 heteroatoms. The Kier molecular flexibility index (Phi) is 4.53. The number of anilines is 1. The second-order valence-electron chi connectivity index (χ2n) is 8.59. The van der Waals surface area contributed by atoms with Gasteiger partial charge in [0.05, 0.1) is 29.3 Å². The Morgan fingerprint density at radius 1 is 1.13 bits per heavy atom. The first kappa shape index (κ1) is 18.8. The Labute approximate surface area is 175 Å². The minimum atomic E-state index is -0.00524. The summed E-state index contributed by atoms with van der Waals surface area (Å²) in [6.07, 6.45) is 5.62. The SMILES string of the molecule is CC(C)CN(C)c1nc(Cn2c(=O)n(C3CC3)c3ccncc32)nc2ccccc12. The Morgan fingerprint density at radius 3 is 2.70 bits per heavy atom. The van der Waals surface area contributed by atoms with E-state index in [-0.39, 0.29) is 5.69 Å². The van der Waals surface area contributed by atoms with Crippen molar-refractivity contribution in [3.63, 3.8) is 0 Å². The number of imidazole rings is 1. The topological polar surface area (TPSA) is 68.8 Å².